The number of aliphatic hydroxyl groups excluding tert-OH is 1. The second kappa shape index (κ2) is 8.79. The molecule has 0 radical (unpaired) electrons. The van der Waals surface area contributed by atoms with Gasteiger partial charge in [-0.25, -0.2) is 4.98 Å². The number of nitrogens with zero attached hydrogens (tertiary/aromatic N) is 5. The van der Waals surface area contributed by atoms with Crippen LogP contribution in [-0.4, -0.2) is 42.8 Å². The predicted molar refractivity (Wildman–Crippen MR) is 121 cm³/mol. The number of aromatic nitrogens is 5. The monoisotopic (exact) mass is 436 g/mol. The van der Waals surface area contributed by atoms with Crippen molar-refractivity contribution in [2.45, 2.75) is 20.4 Å². The first kappa shape index (κ1) is 20.9. The number of anilines is 1. The maximum absolute atomic E-state index is 13.3. The van der Waals surface area contributed by atoms with Gasteiger partial charge in [0.15, 0.2) is 0 Å². The summed E-state index contributed by atoms with van der Waals surface area (Å²) in [6, 6.07) is 7.27. The minimum absolute atomic E-state index is 0.0382. The van der Waals surface area contributed by atoms with Gasteiger partial charge in [-0.1, -0.05) is 23.7 Å². The smallest absolute Gasteiger partial charge is 0.260 e. The van der Waals surface area contributed by atoms with Gasteiger partial charge in [0.2, 0.25) is 5.95 Å². The summed E-state index contributed by atoms with van der Waals surface area (Å²) < 4.78 is 1.59. The quantitative estimate of drug-likeness (QED) is 0.477. The number of aliphatic hydroxyl groups is 1. The Labute approximate surface area is 183 Å². The first-order valence-electron chi connectivity index (χ1n) is 9.86. The Morgan fingerprint density at radius 2 is 1.94 bits per heavy atom. The zero-order valence-electron chi connectivity index (χ0n) is 17.1. The molecule has 31 heavy (non-hydrogen) atoms. The van der Waals surface area contributed by atoms with E-state index < -0.39 is 0 Å². The molecule has 158 valence electrons. The number of aryl methyl sites for hydroxylation is 2. The van der Waals surface area contributed by atoms with E-state index in [4.69, 9.17) is 16.7 Å². The molecule has 3 heterocycles. The van der Waals surface area contributed by atoms with Gasteiger partial charge in [0.05, 0.1) is 18.0 Å². The number of rotatable bonds is 6. The van der Waals surface area contributed by atoms with Crippen molar-refractivity contribution in [1.29, 1.82) is 0 Å². The number of halogens is 1. The molecular formula is C22H21ClN6O2. The molecule has 0 aliphatic heterocycles. The highest BCUT2D eigenvalue weighted by Gasteiger charge is 2.16. The molecule has 0 atom stereocenters. The predicted octanol–water partition coefficient (Wildman–Crippen LogP) is 3.30. The number of nitrogens with one attached hydrogen (secondary N) is 1. The average Bonchev–Trinajstić information content (AvgIpc) is 2.78. The van der Waals surface area contributed by atoms with Crippen LogP contribution in [0, 0.1) is 6.92 Å². The lowest BCUT2D eigenvalue weighted by Gasteiger charge is -2.13. The van der Waals surface area contributed by atoms with Crippen LogP contribution in [0.3, 0.4) is 0 Å². The fourth-order valence-corrected chi connectivity index (χ4v) is 3.75. The highest BCUT2D eigenvalue weighted by atomic mass is 35.5. The van der Waals surface area contributed by atoms with E-state index in [1.54, 1.807) is 35.3 Å². The van der Waals surface area contributed by atoms with Crippen LogP contribution in [-0.2, 0) is 6.54 Å². The summed E-state index contributed by atoms with van der Waals surface area (Å²) in [5.41, 5.74) is 3.82. The molecule has 0 unspecified atom stereocenters. The summed E-state index contributed by atoms with van der Waals surface area (Å²) in [5, 5.41) is 13.1. The van der Waals surface area contributed by atoms with Gasteiger partial charge in [0.1, 0.15) is 5.65 Å². The lowest BCUT2D eigenvalue weighted by atomic mass is 10.0. The Morgan fingerprint density at radius 3 is 2.65 bits per heavy atom. The van der Waals surface area contributed by atoms with E-state index in [2.05, 4.69) is 25.3 Å². The van der Waals surface area contributed by atoms with Crippen molar-refractivity contribution in [2.75, 3.05) is 18.5 Å². The van der Waals surface area contributed by atoms with E-state index in [0.717, 1.165) is 22.3 Å². The Bertz CT molecular complexity index is 1320. The topological polar surface area (TPSA) is 106 Å². The van der Waals surface area contributed by atoms with Gasteiger partial charge >= 0.3 is 0 Å². The van der Waals surface area contributed by atoms with Crippen molar-refractivity contribution >= 4 is 28.6 Å². The summed E-state index contributed by atoms with van der Waals surface area (Å²) in [6.07, 6.45) is 4.93. The van der Waals surface area contributed by atoms with Crippen LogP contribution in [0.1, 0.15) is 12.6 Å². The van der Waals surface area contributed by atoms with Crippen LogP contribution in [0.4, 0.5) is 5.95 Å². The van der Waals surface area contributed by atoms with Crippen LogP contribution >= 0.6 is 11.6 Å². The number of fused-ring (bicyclic) bond motifs is 1. The maximum Gasteiger partial charge on any atom is 0.260 e. The van der Waals surface area contributed by atoms with E-state index in [9.17, 15) is 4.79 Å². The number of hydrogen-bond donors (Lipinski definition) is 2. The lowest BCUT2D eigenvalue weighted by Crippen LogP contribution is -2.22. The van der Waals surface area contributed by atoms with E-state index in [0.29, 0.717) is 40.8 Å². The largest absolute Gasteiger partial charge is 0.395 e. The zero-order valence-corrected chi connectivity index (χ0v) is 17.9. The lowest BCUT2D eigenvalue weighted by molar-refractivity contribution is 0.311. The van der Waals surface area contributed by atoms with Crippen LogP contribution < -0.4 is 10.9 Å². The van der Waals surface area contributed by atoms with Crippen LogP contribution in [0.15, 0.2) is 47.7 Å². The van der Waals surface area contributed by atoms with Crippen molar-refractivity contribution in [3.63, 3.8) is 0 Å². The first-order valence-corrected chi connectivity index (χ1v) is 10.2. The van der Waals surface area contributed by atoms with Gasteiger partial charge in [0, 0.05) is 58.8 Å². The SMILES string of the molecule is CCn1c(=O)c(-c2ccc(-c3nccnc3C)cc2Cl)cc2cnc(NCCO)nc21. The van der Waals surface area contributed by atoms with Crippen LogP contribution in [0.2, 0.25) is 5.02 Å². The van der Waals surface area contributed by atoms with Crippen molar-refractivity contribution in [3.05, 3.63) is 63.9 Å². The molecule has 8 nitrogen and oxygen atoms in total. The molecule has 2 N–H and O–H groups in total. The Kier molecular flexibility index (Phi) is 5.92. The second-order valence-electron chi connectivity index (χ2n) is 6.92. The van der Waals surface area contributed by atoms with Crippen LogP contribution in [0.5, 0.6) is 0 Å². The minimum atomic E-state index is -0.188. The fraction of sp³-hybridized carbons (Fsp3) is 0.227. The summed E-state index contributed by atoms with van der Waals surface area (Å²) in [7, 11) is 0. The number of benzene rings is 1. The molecule has 0 saturated carbocycles. The summed E-state index contributed by atoms with van der Waals surface area (Å²) >= 11 is 6.61. The molecule has 0 amide bonds. The summed E-state index contributed by atoms with van der Waals surface area (Å²) in [4.78, 5) is 30.6. The highest BCUT2D eigenvalue weighted by molar-refractivity contribution is 6.33. The molecule has 0 aliphatic carbocycles. The maximum atomic E-state index is 13.3. The van der Waals surface area contributed by atoms with Gasteiger partial charge in [-0.3, -0.25) is 19.3 Å². The Balaban J connectivity index is 1.83. The van der Waals surface area contributed by atoms with Crippen LogP contribution in [0.25, 0.3) is 33.4 Å². The average molecular weight is 437 g/mol. The fourth-order valence-electron chi connectivity index (χ4n) is 3.47. The molecule has 0 aliphatic rings. The molecule has 0 saturated heterocycles. The Hall–Kier alpha value is -3.36. The van der Waals surface area contributed by atoms with Gasteiger partial charge in [-0.05, 0) is 26.0 Å². The second-order valence-corrected chi connectivity index (χ2v) is 7.32. The molecule has 4 aromatic rings. The normalized spacial score (nSPS) is 11.1. The van der Waals surface area contributed by atoms with E-state index in [-0.39, 0.29) is 12.2 Å². The third kappa shape index (κ3) is 3.99. The Morgan fingerprint density at radius 1 is 1.13 bits per heavy atom. The molecule has 1 aromatic carbocycles. The molecule has 0 fully saturated rings. The minimum Gasteiger partial charge on any atom is -0.395 e. The number of pyridine rings is 1. The molecule has 9 heteroatoms. The van der Waals surface area contributed by atoms with Gasteiger partial charge < -0.3 is 10.4 Å². The van der Waals surface area contributed by atoms with Gasteiger partial charge in [-0.15, -0.1) is 0 Å². The summed E-state index contributed by atoms with van der Waals surface area (Å²) in [6.45, 7) is 4.50. The van der Waals surface area contributed by atoms with Gasteiger partial charge in [-0.2, -0.15) is 4.98 Å². The molecule has 0 bridgehead atoms. The van der Waals surface area contributed by atoms with Crippen molar-refractivity contribution < 1.29 is 5.11 Å². The van der Waals surface area contributed by atoms with Gasteiger partial charge in [0.25, 0.3) is 5.56 Å². The number of hydrogen-bond acceptors (Lipinski definition) is 7. The third-order valence-electron chi connectivity index (χ3n) is 4.95. The molecular weight excluding hydrogens is 416 g/mol. The molecule has 4 rings (SSSR count). The highest BCUT2D eigenvalue weighted by Crippen LogP contribution is 2.32. The standard InChI is InChI=1S/C22H21ClN6O2/c1-3-29-20-15(12-27-22(28-20)26-8-9-30)10-17(21(29)31)16-5-4-14(11-18(16)23)19-13(2)24-6-7-25-19/h4-7,10-12,30H,3,8-9H2,1-2H3,(H,26,27,28). The van der Waals surface area contributed by atoms with Crippen molar-refractivity contribution in [1.82, 2.24) is 24.5 Å². The van der Waals surface area contributed by atoms with E-state index in [1.165, 1.54) is 0 Å². The van der Waals surface area contributed by atoms with Crippen molar-refractivity contribution in [2.24, 2.45) is 0 Å². The van der Waals surface area contributed by atoms with E-state index in [1.807, 2.05) is 26.0 Å². The zero-order chi connectivity index (χ0) is 22.0. The summed E-state index contributed by atoms with van der Waals surface area (Å²) in [5.74, 6) is 0.359. The van der Waals surface area contributed by atoms with Crippen molar-refractivity contribution in [3.8, 4) is 22.4 Å². The molecule has 3 aromatic heterocycles. The first-order chi connectivity index (χ1) is 15.0. The van der Waals surface area contributed by atoms with E-state index >= 15 is 0 Å². The third-order valence-corrected chi connectivity index (χ3v) is 5.26. The molecule has 0 spiro atoms.